The van der Waals surface area contributed by atoms with Crippen molar-refractivity contribution >= 4 is 11.8 Å². The largest absolute Gasteiger partial charge is 0.497 e. The van der Waals surface area contributed by atoms with Crippen LogP contribution in [0.15, 0.2) is 48.5 Å². The van der Waals surface area contributed by atoms with Crippen LogP contribution in [-0.4, -0.2) is 42.0 Å². The number of hydrogen-bond acceptors (Lipinski definition) is 4. The summed E-state index contributed by atoms with van der Waals surface area (Å²) in [5, 5.41) is 2.95. The molecular formula is C26H36N2O4. The number of nitrogens with one attached hydrogen (secondary N) is 1. The second-order valence-corrected chi connectivity index (χ2v) is 9.30. The number of carbonyl (C=O) groups excluding carboxylic acids is 2. The van der Waals surface area contributed by atoms with E-state index in [4.69, 9.17) is 9.47 Å². The molecule has 2 aromatic carbocycles. The molecular weight excluding hydrogens is 404 g/mol. The van der Waals surface area contributed by atoms with E-state index in [-0.39, 0.29) is 25.0 Å². The van der Waals surface area contributed by atoms with Crippen LogP contribution in [0.4, 0.5) is 0 Å². The molecule has 0 fully saturated rings. The summed E-state index contributed by atoms with van der Waals surface area (Å²) < 4.78 is 11.0. The highest BCUT2D eigenvalue weighted by Crippen LogP contribution is 2.20. The maximum Gasteiger partial charge on any atom is 0.261 e. The van der Waals surface area contributed by atoms with Crippen molar-refractivity contribution in [2.45, 2.75) is 65.6 Å². The number of carbonyl (C=O) groups is 2. The Morgan fingerprint density at radius 3 is 2.22 bits per heavy atom. The minimum atomic E-state index is -0.667. The van der Waals surface area contributed by atoms with Crippen molar-refractivity contribution in [2.75, 3.05) is 13.7 Å². The van der Waals surface area contributed by atoms with E-state index in [1.54, 1.807) is 18.9 Å². The molecule has 2 rings (SSSR count). The SMILES string of the molecule is COc1cccc(CN(C(=O)COc2ccc(C(C)C)cc2)C(C)C(=O)NC(C)(C)C)c1. The molecule has 0 saturated carbocycles. The lowest BCUT2D eigenvalue weighted by Gasteiger charge is -2.31. The van der Waals surface area contributed by atoms with Gasteiger partial charge in [0.2, 0.25) is 5.91 Å². The van der Waals surface area contributed by atoms with E-state index in [0.717, 1.165) is 5.56 Å². The zero-order valence-corrected chi connectivity index (χ0v) is 20.3. The summed E-state index contributed by atoms with van der Waals surface area (Å²) in [6.07, 6.45) is 0. The van der Waals surface area contributed by atoms with Gasteiger partial charge < -0.3 is 19.7 Å². The minimum absolute atomic E-state index is 0.155. The molecule has 0 spiro atoms. The van der Waals surface area contributed by atoms with Crippen molar-refractivity contribution in [2.24, 2.45) is 0 Å². The summed E-state index contributed by atoms with van der Waals surface area (Å²) in [6, 6.07) is 14.5. The van der Waals surface area contributed by atoms with E-state index in [1.807, 2.05) is 69.3 Å². The Kier molecular flexibility index (Phi) is 8.70. The Labute approximate surface area is 191 Å². The molecule has 32 heavy (non-hydrogen) atoms. The van der Waals surface area contributed by atoms with Gasteiger partial charge in [0.05, 0.1) is 7.11 Å². The number of nitrogens with zero attached hydrogens (tertiary/aromatic N) is 1. The van der Waals surface area contributed by atoms with E-state index >= 15 is 0 Å². The fraction of sp³-hybridized carbons (Fsp3) is 0.462. The van der Waals surface area contributed by atoms with E-state index in [0.29, 0.717) is 17.4 Å². The van der Waals surface area contributed by atoms with Crippen LogP contribution in [0.3, 0.4) is 0 Å². The standard InChI is InChI=1S/C26H36N2O4/c1-18(2)21-11-13-22(14-12-21)32-17-24(29)28(19(3)25(30)27-26(4,5)6)16-20-9-8-10-23(15-20)31-7/h8-15,18-19H,16-17H2,1-7H3,(H,27,30). The summed E-state index contributed by atoms with van der Waals surface area (Å²) in [5.74, 6) is 1.26. The van der Waals surface area contributed by atoms with Gasteiger partial charge in [0.25, 0.3) is 5.91 Å². The van der Waals surface area contributed by atoms with Crippen LogP contribution < -0.4 is 14.8 Å². The van der Waals surface area contributed by atoms with Gasteiger partial charge in [-0.1, -0.05) is 38.1 Å². The molecule has 174 valence electrons. The highest BCUT2D eigenvalue weighted by molar-refractivity contribution is 5.88. The molecule has 1 atom stereocenters. The predicted molar refractivity (Wildman–Crippen MR) is 127 cm³/mol. The first-order chi connectivity index (χ1) is 15.0. The van der Waals surface area contributed by atoms with E-state index in [2.05, 4.69) is 19.2 Å². The number of hydrogen-bond donors (Lipinski definition) is 1. The van der Waals surface area contributed by atoms with Crippen LogP contribution in [0, 0.1) is 0 Å². The van der Waals surface area contributed by atoms with Gasteiger partial charge >= 0.3 is 0 Å². The van der Waals surface area contributed by atoms with Crippen molar-refractivity contribution in [3.8, 4) is 11.5 Å². The second-order valence-electron chi connectivity index (χ2n) is 9.30. The lowest BCUT2D eigenvalue weighted by Crippen LogP contribution is -2.53. The van der Waals surface area contributed by atoms with E-state index in [9.17, 15) is 9.59 Å². The fourth-order valence-corrected chi connectivity index (χ4v) is 3.20. The van der Waals surface area contributed by atoms with E-state index in [1.165, 1.54) is 5.56 Å². The van der Waals surface area contributed by atoms with Crippen LogP contribution in [0.5, 0.6) is 11.5 Å². The maximum atomic E-state index is 13.2. The Bertz CT molecular complexity index is 901. The lowest BCUT2D eigenvalue weighted by atomic mass is 10.0. The van der Waals surface area contributed by atoms with Crippen molar-refractivity contribution in [3.05, 3.63) is 59.7 Å². The van der Waals surface area contributed by atoms with Crippen molar-refractivity contribution in [3.63, 3.8) is 0 Å². The number of methoxy groups -OCH3 is 1. The van der Waals surface area contributed by atoms with Gasteiger partial charge in [0, 0.05) is 12.1 Å². The molecule has 6 heteroatoms. The molecule has 0 aliphatic carbocycles. The summed E-state index contributed by atoms with van der Waals surface area (Å²) in [7, 11) is 1.60. The molecule has 0 heterocycles. The Morgan fingerprint density at radius 1 is 1.00 bits per heavy atom. The normalized spacial score (nSPS) is 12.2. The Hall–Kier alpha value is -3.02. The average molecular weight is 441 g/mol. The van der Waals surface area contributed by atoms with Crippen LogP contribution in [0.2, 0.25) is 0 Å². The topological polar surface area (TPSA) is 67.9 Å². The quantitative estimate of drug-likeness (QED) is 0.622. The molecule has 0 radical (unpaired) electrons. The Morgan fingerprint density at radius 2 is 1.66 bits per heavy atom. The third-order valence-electron chi connectivity index (χ3n) is 5.06. The molecule has 1 N–H and O–H groups in total. The summed E-state index contributed by atoms with van der Waals surface area (Å²) in [6.45, 7) is 11.8. The number of benzene rings is 2. The second kappa shape index (κ2) is 11.0. The van der Waals surface area contributed by atoms with Gasteiger partial charge in [-0.05, 0) is 69.0 Å². The van der Waals surface area contributed by atoms with Gasteiger partial charge in [-0.25, -0.2) is 0 Å². The molecule has 0 saturated heterocycles. The summed E-state index contributed by atoms with van der Waals surface area (Å²) >= 11 is 0. The zero-order chi connectivity index (χ0) is 23.9. The van der Waals surface area contributed by atoms with Crippen LogP contribution >= 0.6 is 0 Å². The highest BCUT2D eigenvalue weighted by atomic mass is 16.5. The fourth-order valence-electron chi connectivity index (χ4n) is 3.20. The highest BCUT2D eigenvalue weighted by Gasteiger charge is 2.28. The van der Waals surface area contributed by atoms with Crippen molar-refractivity contribution in [1.82, 2.24) is 10.2 Å². The van der Waals surface area contributed by atoms with Crippen LogP contribution in [0.1, 0.15) is 58.6 Å². The van der Waals surface area contributed by atoms with Gasteiger partial charge in [-0.2, -0.15) is 0 Å². The summed E-state index contributed by atoms with van der Waals surface area (Å²) in [5.41, 5.74) is 1.68. The zero-order valence-electron chi connectivity index (χ0n) is 20.3. The molecule has 0 aliphatic rings. The summed E-state index contributed by atoms with van der Waals surface area (Å²) in [4.78, 5) is 27.5. The smallest absolute Gasteiger partial charge is 0.261 e. The minimum Gasteiger partial charge on any atom is -0.497 e. The molecule has 0 aliphatic heterocycles. The lowest BCUT2D eigenvalue weighted by molar-refractivity contribution is -0.142. The molecule has 6 nitrogen and oxygen atoms in total. The Balaban J connectivity index is 2.17. The van der Waals surface area contributed by atoms with Gasteiger partial charge in [-0.3, -0.25) is 9.59 Å². The van der Waals surface area contributed by atoms with Gasteiger partial charge in [0.1, 0.15) is 17.5 Å². The number of rotatable bonds is 9. The average Bonchev–Trinajstić information content (AvgIpc) is 2.74. The third kappa shape index (κ3) is 7.59. The molecule has 1 unspecified atom stereocenters. The predicted octanol–water partition coefficient (Wildman–Crippen LogP) is 4.53. The molecule has 0 bridgehead atoms. The number of amides is 2. The first kappa shape index (κ1) is 25.2. The van der Waals surface area contributed by atoms with Gasteiger partial charge in [0.15, 0.2) is 6.61 Å². The van der Waals surface area contributed by atoms with Crippen molar-refractivity contribution in [1.29, 1.82) is 0 Å². The molecule has 2 aromatic rings. The molecule has 0 aromatic heterocycles. The first-order valence-corrected chi connectivity index (χ1v) is 11.0. The van der Waals surface area contributed by atoms with E-state index < -0.39 is 11.6 Å². The molecule has 2 amide bonds. The van der Waals surface area contributed by atoms with Crippen molar-refractivity contribution < 1.29 is 19.1 Å². The third-order valence-corrected chi connectivity index (χ3v) is 5.06. The monoisotopic (exact) mass is 440 g/mol. The van der Waals surface area contributed by atoms with Gasteiger partial charge in [-0.15, -0.1) is 0 Å². The van der Waals surface area contributed by atoms with Crippen LogP contribution in [0.25, 0.3) is 0 Å². The first-order valence-electron chi connectivity index (χ1n) is 11.0. The maximum absolute atomic E-state index is 13.2. The number of ether oxygens (including phenoxy) is 2. The van der Waals surface area contributed by atoms with Crippen LogP contribution in [-0.2, 0) is 16.1 Å².